The predicted molar refractivity (Wildman–Crippen MR) is 132 cm³/mol. The molecule has 11 heteroatoms. The Hall–Kier alpha value is -3.40. The van der Waals surface area contributed by atoms with Crippen LogP contribution in [0.2, 0.25) is 10.0 Å². The van der Waals surface area contributed by atoms with E-state index in [4.69, 9.17) is 32.7 Å². The van der Waals surface area contributed by atoms with Gasteiger partial charge in [0.1, 0.15) is 0 Å². The van der Waals surface area contributed by atoms with Crippen molar-refractivity contribution in [3.05, 3.63) is 98.4 Å². The van der Waals surface area contributed by atoms with Crippen LogP contribution in [0.15, 0.2) is 77.3 Å². The third kappa shape index (κ3) is 6.82. The van der Waals surface area contributed by atoms with E-state index in [1.165, 1.54) is 48.5 Å². The number of rotatable bonds is 8. The van der Waals surface area contributed by atoms with Crippen molar-refractivity contribution in [1.82, 2.24) is 0 Å². The van der Waals surface area contributed by atoms with Gasteiger partial charge in [-0.3, -0.25) is 4.79 Å². The highest BCUT2D eigenvalue weighted by atomic mass is 79.9. The number of carboxylic acids is 1. The third-order valence-corrected chi connectivity index (χ3v) is 5.73. The summed E-state index contributed by atoms with van der Waals surface area (Å²) in [5.41, 5.74) is 0.0284. The Labute approximate surface area is 217 Å². The van der Waals surface area contributed by atoms with Crippen LogP contribution in [0.4, 0.5) is 5.69 Å². The molecule has 0 saturated carbocycles. The van der Waals surface area contributed by atoms with Crippen LogP contribution in [-0.4, -0.2) is 41.1 Å². The van der Waals surface area contributed by atoms with Crippen molar-refractivity contribution >= 4 is 68.6 Å². The van der Waals surface area contributed by atoms with Crippen LogP contribution in [0.1, 0.15) is 20.7 Å². The summed E-state index contributed by atoms with van der Waals surface area (Å²) < 4.78 is 11.0. The molecule has 8 nitrogen and oxygen atoms in total. The molecule has 0 aliphatic heterocycles. The van der Waals surface area contributed by atoms with Gasteiger partial charge in [-0.2, -0.15) is 0 Å². The molecule has 0 aliphatic rings. The number of benzene rings is 3. The van der Waals surface area contributed by atoms with Gasteiger partial charge in [0.2, 0.25) is 12.2 Å². The maximum absolute atomic E-state index is 13.1. The van der Waals surface area contributed by atoms with E-state index in [2.05, 4.69) is 21.2 Å². The topological polar surface area (TPSA) is 119 Å². The molecule has 1 amide bonds. The lowest BCUT2D eigenvalue weighted by Gasteiger charge is -2.24. The zero-order chi connectivity index (χ0) is 25.5. The molecule has 3 rings (SSSR count). The fraction of sp³-hybridized carbons (Fsp3) is 0.0833. The molecule has 0 aliphatic carbocycles. The number of anilines is 1. The second-order valence-corrected chi connectivity index (χ2v) is 8.68. The number of halogens is 3. The summed E-state index contributed by atoms with van der Waals surface area (Å²) in [6.45, 7) is 0. The quantitative estimate of drug-likeness (QED) is 0.350. The van der Waals surface area contributed by atoms with E-state index in [9.17, 15) is 24.3 Å². The molecule has 0 fully saturated rings. The fourth-order valence-corrected chi connectivity index (χ4v) is 3.54. The Kier molecular flexibility index (Phi) is 8.86. The van der Waals surface area contributed by atoms with Gasteiger partial charge in [-0.25, -0.2) is 14.4 Å². The molecular weight excluding hydrogens is 565 g/mol. The van der Waals surface area contributed by atoms with Gasteiger partial charge < -0.3 is 19.9 Å². The zero-order valence-electron chi connectivity index (χ0n) is 17.6. The molecule has 0 saturated heterocycles. The van der Waals surface area contributed by atoms with Gasteiger partial charge in [0.25, 0.3) is 5.91 Å². The van der Waals surface area contributed by atoms with Crippen molar-refractivity contribution in [3.63, 3.8) is 0 Å². The number of hydrogen-bond acceptors (Lipinski definition) is 6. The number of carboxylic acid groups (broad SMARTS) is 1. The zero-order valence-corrected chi connectivity index (χ0v) is 20.7. The largest absolute Gasteiger partial charge is 0.478 e. The molecule has 0 radical (unpaired) electrons. The van der Waals surface area contributed by atoms with Gasteiger partial charge in [0.05, 0.1) is 21.2 Å². The number of esters is 2. The van der Waals surface area contributed by atoms with Crippen LogP contribution in [-0.2, 0) is 19.1 Å². The van der Waals surface area contributed by atoms with Gasteiger partial charge in [-0.1, -0.05) is 63.4 Å². The van der Waals surface area contributed by atoms with Crippen molar-refractivity contribution in [1.29, 1.82) is 0 Å². The van der Waals surface area contributed by atoms with Gasteiger partial charge in [0, 0.05) is 10.2 Å². The van der Waals surface area contributed by atoms with E-state index in [-0.39, 0.29) is 26.9 Å². The van der Waals surface area contributed by atoms with Crippen LogP contribution >= 0.6 is 39.1 Å². The average molecular weight is 581 g/mol. The molecule has 180 valence electrons. The minimum Gasteiger partial charge on any atom is -0.478 e. The third-order valence-electron chi connectivity index (χ3n) is 4.54. The number of aliphatic carboxylic acids is 1. The van der Waals surface area contributed by atoms with Crippen LogP contribution < -0.4 is 5.32 Å². The first-order chi connectivity index (χ1) is 16.7. The second-order valence-electron chi connectivity index (χ2n) is 6.95. The lowest BCUT2D eigenvalue weighted by Crippen LogP contribution is -2.48. The molecule has 35 heavy (non-hydrogen) atoms. The van der Waals surface area contributed by atoms with Crippen LogP contribution in [0, 0.1) is 0 Å². The Morgan fingerprint density at radius 1 is 0.743 bits per heavy atom. The fourth-order valence-electron chi connectivity index (χ4n) is 2.85. The molecule has 2 atom stereocenters. The number of carbonyl (C=O) groups is 4. The number of carbonyl (C=O) groups excluding carboxylic acids is 3. The molecule has 2 N–H and O–H groups in total. The Morgan fingerprint density at radius 2 is 1.20 bits per heavy atom. The van der Waals surface area contributed by atoms with Crippen molar-refractivity contribution in [2.75, 3.05) is 5.32 Å². The average Bonchev–Trinajstić information content (AvgIpc) is 2.82. The summed E-state index contributed by atoms with van der Waals surface area (Å²) in [4.78, 5) is 50.5. The standard InChI is InChI=1S/C24H16BrCl2NO7/c25-13-9-11-14(12-10-13)28-21(29)19(34-23(32)15-5-1-3-7-17(15)26)20(22(30)31)35-24(33)16-6-2-4-8-18(16)27/h1-12,19-20H,(H,28,29)(H,30,31)/t19-,20-/m1/s1. The smallest absolute Gasteiger partial charge is 0.349 e. The van der Waals surface area contributed by atoms with E-state index in [0.29, 0.717) is 0 Å². The van der Waals surface area contributed by atoms with Gasteiger partial charge in [-0.15, -0.1) is 0 Å². The number of nitrogens with one attached hydrogen (secondary N) is 1. The van der Waals surface area contributed by atoms with Gasteiger partial charge >= 0.3 is 17.9 Å². The van der Waals surface area contributed by atoms with Crippen LogP contribution in [0.5, 0.6) is 0 Å². The summed E-state index contributed by atoms with van der Waals surface area (Å²) in [6.07, 6.45) is -4.29. The summed E-state index contributed by atoms with van der Waals surface area (Å²) in [6, 6.07) is 17.9. The van der Waals surface area contributed by atoms with E-state index in [0.717, 1.165) is 4.47 Å². The SMILES string of the molecule is O=C(O[C@@H](C(=O)O)[C@@H](OC(=O)c1ccccc1Cl)C(=O)Nc1ccc(Br)cc1)c1ccccc1Cl. The van der Waals surface area contributed by atoms with E-state index < -0.39 is 36.0 Å². The summed E-state index contributed by atoms with van der Waals surface area (Å²) in [7, 11) is 0. The van der Waals surface area contributed by atoms with Crippen LogP contribution in [0.25, 0.3) is 0 Å². The van der Waals surface area contributed by atoms with Gasteiger partial charge in [-0.05, 0) is 48.5 Å². The molecule has 0 heterocycles. The Morgan fingerprint density at radius 3 is 1.66 bits per heavy atom. The molecule has 0 spiro atoms. The highest BCUT2D eigenvalue weighted by molar-refractivity contribution is 9.10. The number of hydrogen-bond donors (Lipinski definition) is 2. The van der Waals surface area contributed by atoms with Crippen molar-refractivity contribution < 1.29 is 33.8 Å². The first kappa shape index (κ1) is 26.2. The highest BCUT2D eigenvalue weighted by Gasteiger charge is 2.41. The van der Waals surface area contributed by atoms with Crippen molar-refractivity contribution in [2.24, 2.45) is 0 Å². The Bertz CT molecular complexity index is 1270. The molecule has 0 bridgehead atoms. The summed E-state index contributed by atoms with van der Waals surface area (Å²) in [5, 5.41) is 12.3. The van der Waals surface area contributed by atoms with Crippen LogP contribution in [0.3, 0.4) is 0 Å². The van der Waals surface area contributed by atoms with Crippen molar-refractivity contribution in [3.8, 4) is 0 Å². The normalized spacial score (nSPS) is 12.2. The Balaban J connectivity index is 1.93. The molecule has 3 aromatic rings. The first-order valence-electron chi connectivity index (χ1n) is 9.87. The minimum atomic E-state index is -2.21. The predicted octanol–water partition coefficient (Wildman–Crippen LogP) is 5.23. The van der Waals surface area contributed by atoms with Gasteiger partial charge in [0.15, 0.2) is 0 Å². The molecule has 3 aromatic carbocycles. The monoisotopic (exact) mass is 579 g/mol. The van der Waals surface area contributed by atoms with E-state index >= 15 is 0 Å². The summed E-state index contributed by atoms with van der Waals surface area (Å²) >= 11 is 15.3. The number of amides is 1. The second kappa shape index (κ2) is 11.8. The molecule has 0 aromatic heterocycles. The molecular formula is C24H16BrCl2NO7. The summed E-state index contributed by atoms with van der Waals surface area (Å²) in [5.74, 6) is -5.00. The van der Waals surface area contributed by atoms with E-state index in [1.807, 2.05) is 0 Å². The minimum absolute atomic E-state index is 0.00515. The maximum Gasteiger partial charge on any atom is 0.349 e. The molecule has 0 unspecified atom stereocenters. The highest BCUT2D eigenvalue weighted by Crippen LogP contribution is 2.22. The van der Waals surface area contributed by atoms with E-state index in [1.54, 1.807) is 24.3 Å². The van der Waals surface area contributed by atoms with Crippen molar-refractivity contribution in [2.45, 2.75) is 12.2 Å². The lowest BCUT2D eigenvalue weighted by molar-refractivity contribution is -0.157. The maximum atomic E-state index is 13.1. The number of ether oxygens (including phenoxy) is 2. The lowest BCUT2D eigenvalue weighted by atomic mass is 10.1. The first-order valence-corrected chi connectivity index (χ1v) is 11.4.